The van der Waals surface area contributed by atoms with E-state index >= 15 is 0 Å². The first kappa shape index (κ1) is 17.0. The van der Waals surface area contributed by atoms with Gasteiger partial charge in [-0.3, -0.25) is 4.79 Å². The zero-order valence-electron chi connectivity index (χ0n) is 14.4. The fraction of sp³-hybridized carbons (Fsp3) is 0.333. The highest BCUT2D eigenvalue weighted by atomic mass is 16.5. The van der Waals surface area contributed by atoms with Crippen molar-refractivity contribution in [2.24, 2.45) is 5.92 Å². The maximum atomic E-state index is 12.7. The minimum Gasteiger partial charge on any atom is -0.493 e. The Labute approximate surface area is 148 Å². The molecule has 0 bridgehead atoms. The first-order valence-electron chi connectivity index (χ1n) is 8.64. The lowest BCUT2D eigenvalue weighted by Crippen LogP contribution is -2.41. The summed E-state index contributed by atoms with van der Waals surface area (Å²) in [7, 11) is 0. The number of carbonyl (C=O) groups excluding carboxylic acids is 1. The lowest BCUT2D eigenvalue weighted by molar-refractivity contribution is 0.0633. The molecule has 0 aromatic heterocycles. The molecule has 1 aliphatic heterocycles. The van der Waals surface area contributed by atoms with Crippen molar-refractivity contribution in [3.8, 4) is 11.8 Å². The van der Waals surface area contributed by atoms with Gasteiger partial charge in [-0.15, -0.1) is 0 Å². The fourth-order valence-corrected chi connectivity index (χ4v) is 3.21. The van der Waals surface area contributed by atoms with E-state index in [4.69, 9.17) is 10.00 Å². The monoisotopic (exact) mass is 334 g/mol. The van der Waals surface area contributed by atoms with E-state index in [0.717, 1.165) is 25.1 Å². The molecule has 0 spiro atoms. The summed E-state index contributed by atoms with van der Waals surface area (Å²) in [5.74, 6) is 1.21. The zero-order chi connectivity index (χ0) is 17.6. The molecule has 1 aliphatic rings. The van der Waals surface area contributed by atoms with Crippen LogP contribution in [0.5, 0.6) is 5.75 Å². The summed E-state index contributed by atoms with van der Waals surface area (Å²) in [6, 6.07) is 17.0. The first-order valence-corrected chi connectivity index (χ1v) is 8.64. The van der Waals surface area contributed by atoms with E-state index in [1.165, 1.54) is 5.56 Å². The molecule has 1 unspecified atom stereocenters. The Balaban J connectivity index is 1.60. The minimum atomic E-state index is -0.00245. The van der Waals surface area contributed by atoms with Crippen LogP contribution < -0.4 is 4.74 Å². The van der Waals surface area contributed by atoms with Crippen molar-refractivity contribution in [3.63, 3.8) is 0 Å². The third-order valence-electron chi connectivity index (χ3n) is 4.52. The second-order valence-corrected chi connectivity index (χ2v) is 6.58. The zero-order valence-corrected chi connectivity index (χ0v) is 14.4. The summed E-state index contributed by atoms with van der Waals surface area (Å²) in [5.41, 5.74) is 2.27. The molecule has 2 aromatic carbocycles. The molecule has 2 aromatic rings. The van der Waals surface area contributed by atoms with E-state index in [2.05, 4.69) is 6.07 Å². The number of carbonyl (C=O) groups is 1. The molecular formula is C21H22N2O2. The molecule has 1 atom stereocenters. The van der Waals surface area contributed by atoms with Crippen LogP contribution in [-0.2, 0) is 0 Å². The summed E-state index contributed by atoms with van der Waals surface area (Å²) < 4.78 is 5.92. The van der Waals surface area contributed by atoms with Gasteiger partial charge in [-0.25, -0.2) is 0 Å². The van der Waals surface area contributed by atoms with Gasteiger partial charge < -0.3 is 9.64 Å². The van der Waals surface area contributed by atoms with Crippen molar-refractivity contribution in [2.75, 3.05) is 19.7 Å². The summed E-state index contributed by atoms with van der Waals surface area (Å²) in [4.78, 5) is 14.6. The Morgan fingerprint density at radius 1 is 1.28 bits per heavy atom. The van der Waals surface area contributed by atoms with Crippen molar-refractivity contribution in [2.45, 2.75) is 19.8 Å². The highest BCUT2D eigenvalue weighted by Crippen LogP contribution is 2.21. The third-order valence-corrected chi connectivity index (χ3v) is 4.52. The van der Waals surface area contributed by atoms with Gasteiger partial charge in [0.2, 0.25) is 0 Å². The smallest absolute Gasteiger partial charge is 0.253 e. The number of amides is 1. The molecule has 0 saturated carbocycles. The Hall–Kier alpha value is -2.80. The summed E-state index contributed by atoms with van der Waals surface area (Å²) in [6.45, 7) is 4.12. The Kier molecular flexibility index (Phi) is 5.35. The van der Waals surface area contributed by atoms with Gasteiger partial charge in [0.05, 0.1) is 18.2 Å². The Morgan fingerprint density at radius 3 is 2.92 bits per heavy atom. The molecule has 1 heterocycles. The molecule has 0 radical (unpaired) electrons. The standard InChI is InChI=1S/C21H22N2O2/c1-16-5-2-9-20(11-16)25-15-18-7-4-10-23(14-18)21(24)19-8-3-6-17(12-19)13-22/h2-3,5-6,8-9,11-12,18H,4,7,10,14-15H2,1H3. The second-order valence-electron chi connectivity index (χ2n) is 6.58. The average Bonchev–Trinajstić information content (AvgIpc) is 2.66. The van der Waals surface area contributed by atoms with Crippen LogP contribution in [0.25, 0.3) is 0 Å². The molecular weight excluding hydrogens is 312 g/mol. The largest absolute Gasteiger partial charge is 0.493 e. The van der Waals surface area contributed by atoms with E-state index in [-0.39, 0.29) is 5.91 Å². The van der Waals surface area contributed by atoms with Gasteiger partial charge in [0.15, 0.2) is 0 Å². The van der Waals surface area contributed by atoms with Crippen molar-refractivity contribution in [1.82, 2.24) is 4.90 Å². The van der Waals surface area contributed by atoms with Gasteiger partial charge in [-0.1, -0.05) is 18.2 Å². The number of nitrogens with zero attached hydrogens (tertiary/aromatic N) is 2. The molecule has 3 rings (SSSR count). The van der Waals surface area contributed by atoms with Crippen LogP contribution in [-0.4, -0.2) is 30.5 Å². The highest BCUT2D eigenvalue weighted by Gasteiger charge is 2.25. The van der Waals surface area contributed by atoms with Crippen molar-refractivity contribution < 1.29 is 9.53 Å². The quantitative estimate of drug-likeness (QED) is 0.854. The molecule has 128 valence electrons. The lowest BCUT2D eigenvalue weighted by atomic mass is 9.98. The van der Waals surface area contributed by atoms with Crippen molar-refractivity contribution in [3.05, 3.63) is 65.2 Å². The number of ether oxygens (including phenoxy) is 1. The lowest BCUT2D eigenvalue weighted by Gasteiger charge is -2.32. The van der Waals surface area contributed by atoms with Crippen molar-refractivity contribution >= 4 is 5.91 Å². The molecule has 0 N–H and O–H groups in total. The molecule has 1 saturated heterocycles. The minimum absolute atomic E-state index is 0.00245. The number of rotatable bonds is 4. The van der Waals surface area contributed by atoms with E-state index < -0.39 is 0 Å². The van der Waals surface area contributed by atoms with Crippen molar-refractivity contribution in [1.29, 1.82) is 5.26 Å². The summed E-state index contributed by atoms with van der Waals surface area (Å²) >= 11 is 0. The van der Waals surface area contributed by atoms with Crippen LogP contribution in [0.2, 0.25) is 0 Å². The van der Waals surface area contributed by atoms with E-state index in [1.807, 2.05) is 36.1 Å². The number of benzene rings is 2. The van der Waals surface area contributed by atoms with Gasteiger partial charge in [0, 0.05) is 24.6 Å². The number of nitriles is 1. The maximum absolute atomic E-state index is 12.7. The maximum Gasteiger partial charge on any atom is 0.253 e. The van der Waals surface area contributed by atoms with Gasteiger partial charge in [0.1, 0.15) is 5.75 Å². The normalized spacial score (nSPS) is 17.0. The first-order chi connectivity index (χ1) is 12.2. The van der Waals surface area contributed by atoms with Crippen LogP contribution >= 0.6 is 0 Å². The number of likely N-dealkylation sites (tertiary alicyclic amines) is 1. The fourth-order valence-electron chi connectivity index (χ4n) is 3.21. The van der Waals surface area contributed by atoms with Gasteiger partial charge >= 0.3 is 0 Å². The van der Waals surface area contributed by atoms with Crippen LogP contribution in [0.15, 0.2) is 48.5 Å². The number of piperidine rings is 1. The van der Waals surface area contributed by atoms with E-state index in [0.29, 0.717) is 30.2 Å². The number of aryl methyl sites for hydroxylation is 1. The predicted molar refractivity (Wildman–Crippen MR) is 96.5 cm³/mol. The summed E-state index contributed by atoms with van der Waals surface area (Å²) in [5, 5.41) is 9.00. The molecule has 1 fully saturated rings. The van der Waals surface area contributed by atoms with Gasteiger partial charge in [0.25, 0.3) is 5.91 Å². The predicted octanol–water partition coefficient (Wildman–Crippen LogP) is 3.80. The molecule has 0 aliphatic carbocycles. The van der Waals surface area contributed by atoms with E-state index in [9.17, 15) is 4.79 Å². The summed E-state index contributed by atoms with van der Waals surface area (Å²) in [6.07, 6.45) is 2.04. The molecule has 4 nitrogen and oxygen atoms in total. The Bertz CT molecular complexity index is 794. The van der Waals surface area contributed by atoms with Crippen LogP contribution in [0.3, 0.4) is 0 Å². The third kappa shape index (κ3) is 4.39. The SMILES string of the molecule is Cc1cccc(OCC2CCCN(C(=O)c3cccc(C#N)c3)C2)c1. The number of hydrogen-bond donors (Lipinski definition) is 0. The van der Waals surface area contributed by atoms with Crippen LogP contribution in [0.1, 0.15) is 34.3 Å². The Morgan fingerprint density at radius 2 is 2.12 bits per heavy atom. The molecule has 25 heavy (non-hydrogen) atoms. The van der Waals surface area contributed by atoms with Crippen LogP contribution in [0, 0.1) is 24.2 Å². The van der Waals surface area contributed by atoms with Crippen LogP contribution in [0.4, 0.5) is 0 Å². The highest BCUT2D eigenvalue weighted by molar-refractivity contribution is 5.94. The number of hydrogen-bond acceptors (Lipinski definition) is 3. The molecule has 1 amide bonds. The molecule has 4 heteroatoms. The topological polar surface area (TPSA) is 53.3 Å². The van der Waals surface area contributed by atoms with E-state index in [1.54, 1.807) is 24.3 Å². The average molecular weight is 334 g/mol. The van der Waals surface area contributed by atoms with Gasteiger partial charge in [-0.05, 0) is 55.7 Å². The second kappa shape index (κ2) is 7.85. The van der Waals surface area contributed by atoms with Gasteiger partial charge in [-0.2, -0.15) is 5.26 Å².